The fourth-order valence-corrected chi connectivity index (χ4v) is 2.19. The van der Waals surface area contributed by atoms with Gasteiger partial charge in [0.2, 0.25) is 5.88 Å². The van der Waals surface area contributed by atoms with Crippen molar-refractivity contribution in [2.75, 3.05) is 5.73 Å². The number of nitro groups is 1. The van der Waals surface area contributed by atoms with Gasteiger partial charge in [0.05, 0.1) is 4.92 Å². The maximum atomic E-state index is 10.8. The third-order valence-corrected chi connectivity index (χ3v) is 3.00. The van der Waals surface area contributed by atoms with Gasteiger partial charge in [-0.1, -0.05) is 28.0 Å². The number of nitrogen functional groups attached to an aromatic ring is 1. The zero-order valence-corrected chi connectivity index (χ0v) is 11.1. The van der Waals surface area contributed by atoms with Gasteiger partial charge in [0.1, 0.15) is 5.69 Å². The number of anilines is 1. The van der Waals surface area contributed by atoms with Crippen molar-refractivity contribution >= 4 is 27.5 Å². The molecule has 18 heavy (non-hydrogen) atoms. The fraction of sp³-hybridized carbons (Fsp3) is 0.182. The van der Waals surface area contributed by atoms with Crippen LogP contribution in [0.15, 0.2) is 27.2 Å². The van der Waals surface area contributed by atoms with E-state index in [1.54, 1.807) is 6.07 Å². The molecule has 94 valence electrons. The molecule has 1 aromatic heterocycles. The van der Waals surface area contributed by atoms with Gasteiger partial charge in [-0.25, -0.2) is 0 Å². The molecule has 2 aromatic rings. The van der Waals surface area contributed by atoms with Gasteiger partial charge < -0.3 is 10.3 Å². The molecule has 0 unspecified atom stereocenters. The standard InChI is InChI=1S/C11H10BrN3O3/c1-2-9-10(14-18-11(9)13)6-3-7(12)5-8(4-6)15(16)17/h3-5H,2,13H2,1H3. The van der Waals surface area contributed by atoms with Crippen LogP contribution in [0.3, 0.4) is 0 Å². The molecule has 0 aliphatic carbocycles. The number of non-ortho nitro benzene ring substituents is 1. The molecule has 1 aromatic carbocycles. The Morgan fingerprint density at radius 3 is 2.83 bits per heavy atom. The minimum atomic E-state index is -0.455. The Morgan fingerprint density at radius 1 is 1.50 bits per heavy atom. The average Bonchev–Trinajstić information content (AvgIpc) is 2.69. The number of nitrogens with zero attached hydrogens (tertiary/aromatic N) is 2. The Hall–Kier alpha value is -1.89. The van der Waals surface area contributed by atoms with E-state index in [2.05, 4.69) is 21.1 Å². The van der Waals surface area contributed by atoms with Gasteiger partial charge in [-0.15, -0.1) is 0 Å². The summed E-state index contributed by atoms with van der Waals surface area (Å²) in [6.45, 7) is 1.92. The van der Waals surface area contributed by atoms with Crippen molar-refractivity contribution in [1.29, 1.82) is 0 Å². The normalized spacial score (nSPS) is 10.6. The highest BCUT2D eigenvalue weighted by Crippen LogP contribution is 2.32. The maximum absolute atomic E-state index is 10.8. The van der Waals surface area contributed by atoms with E-state index in [1.165, 1.54) is 12.1 Å². The predicted molar refractivity (Wildman–Crippen MR) is 70.1 cm³/mol. The van der Waals surface area contributed by atoms with E-state index in [4.69, 9.17) is 10.3 Å². The first-order valence-corrected chi connectivity index (χ1v) is 6.01. The molecule has 2 rings (SSSR count). The lowest BCUT2D eigenvalue weighted by atomic mass is 10.1. The number of aromatic nitrogens is 1. The first-order chi connectivity index (χ1) is 8.52. The second-order valence-electron chi connectivity index (χ2n) is 3.68. The van der Waals surface area contributed by atoms with Gasteiger partial charge in [-0.3, -0.25) is 10.1 Å². The van der Waals surface area contributed by atoms with Crippen molar-refractivity contribution in [3.63, 3.8) is 0 Å². The first kappa shape index (κ1) is 12.6. The van der Waals surface area contributed by atoms with Gasteiger partial charge in [0.25, 0.3) is 5.69 Å². The monoisotopic (exact) mass is 311 g/mol. The van der Waals surface area contributed by atoms with Crippen LogP contribution in [0.1, 0.15) is 12.5 Å². The summed E-state index contributed by atoms with van der Waals surface area (Å²) in [7, 11) is 0. The van der Waals surface area contributed by atoms with Crippen molar-refractivity contribution in [1.82, 2.24) is 5.16 Å². The van der Waals surface area contributed by atoms with Gasteiger partial charge in [0, 0.05) is 27.7 Å². The van der Waals surface area contributed by atoms with E-state index in [9.17, 15) is 10.1 Å². The molecule has 0 fully saturated rings. The third-order valence-electron chi connectivity index (χ3n) is 2.54. The van der Waals surface area contributed by atoms with Gasteiger partial charge in [-0.05, 0) is 12.5 Å². The molecule has 0 aliphatic heterocycles. The molecule has 0 spiro atoms. The van der Waals surface area contributed by atoms with Crippen LogP contribution < -0.4 is 5.73 Å². The molecule has 1 heterocycles. The van der Waals surface area contributed by atoms with E-state index in [1.807, 2.05) is 6.92 Å². The lowest BCUT2D eigenvalue weighted by Crippen LogP contribution is -1.92. The van der Waals surface area contributed by atoms with Crippen LogP contribution in [0.4, 0.5) is 11.6 Å². The predicted octanol–water partition coefficient (Wildman–Crippen LogP) is 3.16. The van der Waals surface area contributed by atoms with E-state index < -0.39 is 4.92 Å². The molecule has 0 atom stereocenters. The molecular weight excluding hydrogens is 302 g/mol. The Balaban J connectivity index is 2.60. The SMILES string of the molecule is CCc1c(-c2cc(Br)cc([N+](=O)[O-])c2)noc1N. The molecule has 0 bridgehead atoms. The van der Waals surface area contributed by atoms with Crippen molar-refractivity contribution in [3.05, 3.63) is 38.3 Å². The number of nitro benzene ring substituents is 1. The molecule has 0 saturated heterocycles. The van der Waals surface area contributed by atoms with Crippen molar-refractivity contribution in [2.24, 2.45) is 0 Å². The van der Waals surface area contributed by atoms with Crippen LogP contribution in [-0.4, -0.2) is 10.1 Å². The second-order valence-corrected chi connectivity index (χ2v) is 4.60. The second kappa shape index (κ2) is 4.77. The minimum Gasteiger partial charge on any atom is -0.367 e. The lowest BCUT2D eigenvalue weighted by molar-refractivity contribution is -0.384. The van der Waals surface area contributed by atoms with E-state index >= 15 is 0 Å². The van der Waals surface area contributed by atoms with Gasteiger partial charge in [-0.2, -0.15) is 0 Å². The summed E-state index contributed by atoms with van der Waals surface area (Å²) >= 11 is 3.24. The van der Waals surface area contributed by atoms with E-state index in [0.29, 0.717) is 22.2 Å². The topological polar surface area (TPSA) is 95.2 Å². The molecule has 7 heteroatoms. The quantitative estimate of drug-likeness (QED) is 0.694. The minimum absolute atomic E-state index is 0.0111. The van der Waals surface area contributed by atoms with Crippen LogP contribution in [0, 0.1) is 10.1 Å². The van der Waals surface area contributed by atoms with Gasteiger partial charge >= 0.3 is 0 Å². The highest BCUT2D eigenvalue weighted by Gasteiger charge is 2.17. The highest BCUT2D eigenvalue weighted by molar-refractivity contribution is 9.10. The first-order valence-electron chi connectivity index (χ1n) is 5.22. The number of benzene rings is 1. The molecular formula is C11H10BrN3O3. The smallest absolute Gasteiger partial charge is 0.271 e. The number of rotatable bonds is 3. The molecule has 0 radical (unpaired) electrons. The van der Waals surface area contributed by atoms with E-state index in [0.717, 1.165) is 5.56 Å². The number of hydrogen-bond donors (Lipinski definition) is 1. The summed E-state index contributed by atoms with van der Waals surface area (Å²) in [5, 5.41) is 14.7. The summed E-state index contributed by atoms with van der Waals surface area (Å²) in [6.07, 6.45) is 0.644. The molecule has 6 nitrogen and oxygen atoms in total. The van der Waals surface area contributed by atoms with Crippen LogP contribution in [0.5, 0.6) is 0 Å². The van der Waals surface area contributed by atoms with Crippen LogP contribution in [-0.2, 0) is 6.42 Å². The Kier molecular flexibility index (Phi) is 3.33. The van der Waals surface area contributed by atoms with Gasteiger partial charge in [0.15, 0.2) is 0 Å². The largest absolute Gasteiger partial charge is 0.367 e. The number of hydrogen-bond acceptors (Lipinski definition) is 5. The number of nitrogens with two attached hydrogens (primary N) is 1. The number of halogens is 1. The summed E-state index contributed by atoms with van der Waals surface area (Å²) < 4.78 is 5.53. The van der Waals surface area contributed by atoms with Crippen molar-refractivity contribution < 1.29 is 9.45 Å². The Morgan fingerprint density at radius 2 is 2.22 bits per heavy atom. The molecule has 0 saturated carbocycles. The average molecular weight is 312 g/mol. The molecule has 0 amide bonds. The summed E-state index contributed by atoms with van der Waals surface area (Å²) in [6, 6.07) is 4.61. The Labute approximate surface area is 111 Å². The van der Waals surface area contributed by atoms with Crippen LogP contribution in [0.2, 0.25) is 0 Å². The zero-order chi connectivity index (χ0) is 13.3. The zero-order valence-electron chi connectivity index (χ0n) is 9.51. The van der Waals surface area contributed by atoms with Crippen molar-refractivity contribution in [2.45, 2.75) is 13.3 Å². The fourth-order valence-electron chi connectivity index (χ4n) is 1.71. The van der Waals surface area contributed by atoms with Crippen LogP contribution in [0.25, 0.3) is 11.3 Å². The molecule has 2 N–H and O–H groups in total. The van der Waals surface area contributed by atoms with Crippen molar-refractivity contribution in [3.8, 4) is 11.3 Å². The lowest BCUT2D eigenvalue weighted by Gasteiger charge is -2.01. The van der Waals surface area contributed by atoms with E-state index in [-0.39, 0.29) is 11.6 Å². The highest BCUT2D eigenvalue weighted by atomic mass is 79.9. The summed E-state index contributed by atoms with van der Waals surface area (Å²) in [5.41, 5.74) is 7.54. The maximum Gasteiger partial charge on any atom is 0.271 e. The third kappa shape index (κ3) is 2.21. The summed E-state index contributed by atoms with van der Waals surface area (Å²) in [4.78, 5) is 10.4. The Bertz CT molecular complexity index is 610. The van der Waals surface area contributed by atoms with Crippen LogP contribution >= 0.6 is 15.9 Å². The summed E-state index contributed by atoms with van der Waals surface area (Å²) in [5.74, 6) is 0.245. The molecule has 0 aliphatic rings.